The molecule has 1 aliphatic heterocycles. The van der Waals surface area contributed by atoms with Crippen molar-refractivity contribution in [3.05, 3.63) is 75.5 Å². The quantitative estimate of drug-likeness (QED) is 0.432. The van der Waals surface area contributed by atoms with Gasteiger partial charge in [-0.05, 0) is 31.3 Å². The fraction of sp³-hybridized carbons (Fsp3) is 0.150. The standard InChI is InChI=1S/C20H19BrN4O/c1-12-18(15-11-13(21)7-8-17(15)23-12)20-19(25-26-10-9-22-2)14-5-3-4-6-16(14)24-20/h3-8,11,22,24-25H,1,9-10H2,2H3. The van der Waals surface area contributed by atoms with Crippen LogP contribution in [0.4, 0.5) is 5.69 Å². The van der Waals surface area contributed by atoms with Gasteiger partial charge in [0, 0.05) is 32.7 Å². The second kappa shape index (κ2) is 7.07. The third kappa shape index (κ3) is 2.96. The molecule has 0 atom stereocenters. The molecule has 2 aromatic carbocycles. The van der Waals surface area contributed by atoms with Gasteiger partial charge in [0.15, 0.2) is 0 Å². The van der Waals surface area contributed by atoms with Gasteiger partial charge in [-0.15, -0.1) is 0 Å². The van der Waals surface area contributed by atoms with Crippen molar-refractivity contribution in [3.63, 3.8) is 0 Å². The number of para-hydroxylation sites is 1. The van der Waals surface area contributed by atoms with Crippen molar-refractivity contribution >= 4 is 38.1 Å². The molecule has 0 radical (unpaired) electrons. The molecule has 5 nitrogen and oxygen atoms in total. The van der Waals surface area contributed by atoms with Crippen molar-refractivity contribution < 1.29 is 4.84 Å². The number of rotatable bonds is 6. The Hall–Kier alpha value is -2.41. The highest BCUT2D eigenvalue weighted by atomic mass is 79.9. The number of hydrogen-bond donors (Lipinski definition) is 3. The molecular weight excluding hydrogens is 392 g/mol. The van der Waals surface area contributed by atoms with Crippen molar-refractivity contribution in [2.75, 3.05) is 25.7 Å². The summed E-state index contributed by atoms with van der Waals surface area (Å²) in [5, 5.41) is 6.11. The first-order valence-electron chi connectivity index (χ1n) is 8.40. The Bertz CT molecular complexity index is 1120. The van der Waals surface area contributed by atoms with Gasteiger partial charge in [0.05, 0.1) is 29.0 Å². The summed E-state index contributed by atoms with van der Waals surface area (Å²) in [5.41, 5.74) is 7.71. The normalized spacial score (nSPS) is 13.2. The van der Waals surface area contributed by atoms with Gasteiger partial charge in [0.1, 0.15) is 0 Å². The zero-order valence-electron chi connectivity index (χ0n) is 14.4. The molecule has 0 saturated heterocycles. The Morgan fingerprint density at radius 2 is 2.08 bits per heavy atom. The summed E-state index contributed by atoms with van der Waals surface area (Å²) in [6, 6.07) is 14.2. The number of hydrogen-bond acceptors (Lipinski definition) is 4. The highest BCUT2D eigenvalue weighted by molar-refractivity contribution is 9.10. The number of likely N-dealkylation sites (N-methyl/N-ethyl adjacent to an activating group) is 1. The predicted molar refractivity (Wildman–Crippen MR) is 108 cm³/mol. The Morgan fingerprint density at radius 3 is 2.92 bits per heavy atom. The number of fused-ring (bicyclic) bond motifs is 2. The highest BCUT2D eigenvalue weighted by Crippen LogP contribution is 2.34. The first-order chi connectivity index (χ1) is 12.7. The zero-order chi connectivity index (χ0) is 18.1. The van der Waals surface area contributed by atoms with Crippen LogP contribution in [0.15, 0.2) is 64.2 Å². The molecule has 0 unspecified atom stereocenters. The average Bonchev–Trinajstić information content (AvgIpc) is 3.15. The van der Waals surface area contributed by atoms with Crippen LogP contribution in [-0.2, 0) is 4.84 Å². The number of halogens is 1. The van der Waals surface area contributed by atoms with Crippen LogP contribution in [0.2, 0.25) is 0 Å². The summed E-state index contributed by atoms with van der Waals surface area (Å²) >= 11 is 3.56. The monoisotopic (exact) mass is 410 g/mol. The molecule has 26 heavy (non-hydrogen) atoms. The summed E-state index contributed by atoms with van der Waals surface area (Å²) in [7, 11) is 1.90. The number of aromatic amines is 1. The molecule has 3 aromatic rings. The van der Waals surface area contributed by atoms with Gasteiger partial charge in [-0.1, -0.05) is 40.7 Å². The number of nitrogens with one attached hydrogen (secondary N) is 3. The minimum Gasteiger partial charge on any atom is -0.353 e. The molecular formula is C20H19BrN4O. The van der Waals surface area contributed by atoms with Gasteiger partial charge in [-0.3, -0.25) is 10.3 Å². The molecule has 0 bridgehead atoms. The van der Waals surface area contributed by atoms with Gasteiger partial charge in [0.25, 0.3) is 0 Å². The number of benzene rings is 2. The van der Waals surface area contributed by atoms with Crippen LogP contribution in [0.1, 0.15) is 5.69 Å². The summed E-state index contributed by atoms with van der Waals surface area (Å²) in [4.78, 5) is 13.8. The maximum Gasteiger partial charge on any atom is 0.0939 e. The minimum atomic E-state index is 0.554. The highest BCUT2D eigenvalue weighted by Gasteiger charge is 2.21. The largest absolute Gasteiger partial charge is 0.353 e. The van der Waals surface area contributed by atoms with E-state index >= 15 is 0 Å². The second-order valence-electron chi connectivity index (χ2n) is 6.07. The molecule has 1 aromatic heterocycles. The molecule has 0 spiro atoms. The van der Waals surface area contributed by atoms with Crippen molar-refractivity contribution in [1.82, 2.24) is 10.3 Å². The van der Waals surface area contributed by atoms with Crippen molar-refractivity contribution in [1.29, 1.82) is 0 Å². The van der Waals surface area contributed by atoms with E-state index in [-0.39, 0.29) is 0 Å². The van der Waals surface area contributed by atoms with Crippen molar-refractivity contribution in [3.8, 4) is 0 Å². The fourth-order valence-corrected chi connectivity index (χ4v) is 3.51. The molecule has 0 amide bonds. The van der Waals surface area contributed by atoms with Gasteiger partial charge in [-0.2, -0.15) is 0 Å². The molecule has 4 rings (SSSR count). The Labute approximate surface area is 159 Å². The molecule has 132 valence electrons. The zero-order valence-corrected chi connectivity index (χ0v) is 16.0. The van der Waals surface area contributed by atoms with Crippen LogP contribution in [0.25, 0.3) is 16.5 Å². The van der Waals surface area contributed by atoms with Crippen LogP contribution >= 0.6 is 15.9 Å². The van der Waals surface area contributed by atoms with Crippen molar-refractivity contribution in [2.24, 2.45) is 4.99 Å². The van der Waals surface area contributed by atoms with Crippen LogP contribution in [0, 0.1) is 0 Å². The first kappa shape index (κ1) is 17.0. The molecule has 0 aliphatic carbocycles. The van der Waals surface area contributed by atoms with E-state index in [2.05, 4.69) is 61.5 Å². The number of allylic oxidation sites excluding steroid dienone is 1. The van der Waals surface area contributed by atoms with Crippen LogP contribution in [0.5, 0.6) is 0 Å². The molecule has 1 aliphatic rings. The summed E-state index contributed by atoms with van der Waals surface area (Å²) in [6.45, 7) is 5.48. The molecule has 6 heteroatoms. The number of anilines is 1. The topological polar surface area (TPSA) is 61.4 Å². The van der Waals surface area contributed by atoms with Crippen LogP contribution < -0.4 is 21.4 Å². The Kier molecular flexibility index (Phi) is 4.63. The van der Waals surface area contributed by atoms with Gasteiger partial charge in [0.2, 0.25) is 0 Å². The van der Waals surface area contributed by atoms with E-state index in [9.17, 15) is 0 Å². The maximum absolute atomic E-state index is 5.66. The summed E-state index contributed by atoms with van der Waals surface area (Å²) in [5.74, 6) is 0. The van der Waals surface area contributed by atoms with Gasteiger partial charge in [-0.25, -0.2) is 4.99 Å². The SMILES string of the molecule is C=C1N=c2ccc(Br)cc2=C1c1[nH]c2ccccc2c1NOCCNC. The predicted octanol–water partition coefficient (Wildman–Crippen LogP) is 2.84. The van der Waals surface area contributed by atoms with E-state index in [0.29, 0.717) is 6.61 Å². The second-order valence-corrected chi connectivity index (χ2v) is 6.99. The lowest BCUT2D eigenvalue weighted by molar-refractivity contribution is 0.197. The van der Waals surface area contributed by atoms with E-state index in [0.717, 1.165) is 55.1 Å². The number of nitrogens with zero attached hydrogens (tertiary/aromatic N) is 1. The third-order valence-electron chi connectivity index (χ3n) is 4.36. The smallest absolute Gasteiger partial charge is 0.0939 e. The van der Waals surface area contributed by atoms with Crippen molar-refractivity contribution in [2.45, 2.75) is 0 Å². The lowest BCUT2D eigenvalue weighted by Gasteiger charge is -2.10. The molecule has 3 N–H and O–H groups in total. The lowest BCUT2D eigenvalue weighted by Crippen LogP contribution is -2.23. The number of aromatic nitrogens is 1. The summed E-state index contributed by atoms with van der Waals surface area (Å²) in [6.07, 6.45) is 0. The fourth-order valence-electron chi connectivity index (χ4n) is 3.15. The van der Waals surface area contributed by atoms with Gasteiger partial charge < -0.3 is 10.3 Å². The number of H-pyrrole nitrogens is 1. The first-order valence-corrected chi connectivity index (χ1v) is 9.19. The Morgan fingerprint density at radius 1 is 1.23 bits per heavy atom. The van der Waals surface area contributed by atoms with Crippen LogP contribution in [-0.4, -0.2) is 25.2 Å². The molecule has 2 heterocycles. The van der Waals surface area contributed by atoms with E-state index < -0.39 is 0 Å². The van der Waals surface area contributed by atoms with E-state index in [4.69, 9.17) is 4.84 Å². The Balaban J connectivity index is 1.90. The molecule has 0 fully saturated rings. The lowest BCUT2D eigenvalue weighted by atomic mass is 10.1. The van der Waals surface area contributed by atoms with Crippen LogP contribution in [0.3, 0.4) is 0 Å². The average molecular weight is 411 g/mol. The van der Waals surface area contributed by atoms with Gasteiger partial charge >= 0.3 is 0 Å². The van der Waals surface area contributed by atoms with E-state index in [1.165, 1.54) is 0 Å². The minimum absolute atomic E-state index is 0.554. The molecule has 0 saturated carbocycles. The maximum atomic E-state index is 5.66. The van der Waals surface area contributed by atoms with E-state index in [1.807, 2.05) is 31.3 Å². The summed E-state index contributed by atoms with van der Waals surface area (Å²) < 4.78 is 1.01. The third-order valence-corrected chi connectivity index (χ3v) is 4.85. The van der Waals surface area contributed by atoms with E-state index in [1.54, 1.807) is 0 Å².